The molecule has 6 heteroatoms. The molecule has 0 saturated heterocycles. The Kier molecular flexibility index (Phi) is 2.87. The molecule has 1 aromatic carbocycles. The first kappa shape index (κ1) is 12.6. The average molecular weight is 289 g/mol. The lowest BCUT2D eigenvalue weighted by Gasteiger charge is -2.14. The van der Waals surface area contributed by atoms with Gasteiger partial charge in [0.25, 0.3) is 5.91 Å². The highest BCUT2D eigenvalue weighted by Gasteiger charge is 2.41. The first-order valence-corrected chi connectivity index (χ1v) is 6.59. The third-order valence-corrected chi connectivity index (χ3v) is 3.81. The van der Waals surface area contributed by atoms with Crippen LogP contribution < -0.4 is 4.90 Å². The second-order valence-electron chi connectivity index (χ2n) is 4.10. The van der Waals surface area contributed by atoms with E-state index in [4.69, 9.17) is 0 Å². The number of halogens is 1. The van der Waals surface area contributed by atoms with Gasteiger partial charge in [-0.1, -0.05) is 18.2 Å². The van der Waals surface area contributed by atoms with Gasteiger partial charge in [0.2, 0.25) is 0 Å². The monoisotopic (exact) mass is 289 g/mol. The van der Waals surface area contributed by atoms with Crippen molar-refractivity contribution in [2.45, 2.75) is 0 Å². The summed E-state index contributed by atoms with van der Waals surface area (Å²) >= 11 is 1.22. The quantitative estimate of drug-likeness (QED) is 0.865. The zero-order chi connectivity index (χ0) is 14.3. The van der Waals surface area contributed by atoms with Crippen molar-refractivity contribution in [2.24, 2.45) is 0 Å². The highest BCUT2D eigenvalue weighted by molar-refractivity contribution is 7.11. The largest absolute Gasteiger partial charge is 0.502 e. The maximum absolute atomic E-state index is 13.7. The predicted molar refractivity (Wildman–Crippen MR) is 72.8 cm³/mol. The summed E-state index contributed by atoms with van der Waals surface area (Å²) in [6.45, 7) is 0. The molecule has 1 N–H and O–H groups in total. The van der Waals surface area contributed by atoms with E-state index in [9.17, 15) is 19.1 Å². The molecule has 0 unspecified atom stereocenters. The van der Waals surface area contributed by atoms with Crippen molar-refractivity contribution >= 4 is 34.4 Å². The number of rotatable bonds is 2. The van der Waals surface area contributed by atoms with Crippen molar-refractivity contribution in [3.8, 4) is 0 Å². The van der Waals surface area contributed by atoms with Gasteiger partial charge in [-0.05, 0) is 23.6 Å². The highest BCUT2D eigenvalue weighted by Crippen LogP contribution is 2.34. The molecule has 0 saturated carbocycles. The van der Waals surface area contributed by atoms with Gasteiger partial charge in [0, 0.05) is 4.88 Å². The van der Waals surface area contributed by atoms with Crippen LogP contribution >= 0.6 is 11.3 Å². The molecular weight excluding hydrogens is 281 g/mol. The molecule has 100 valence electrons. The molecule has 1 aromatic heterocycles. The van der Waals surface area contributed by atoms with Crippen LogP contribution in [0.5, 0.6) is 0 Å². The molecule has 0 atom stereocenters. The van der Waals surface area contributed by atoms with E-state index in [-0.39, 0.29) is 11.3 Å². The first-order valence-electron chi connectivity index (χ1n) is 5.71. The third-order valence-electron chi connectivity index (χ3n) is 2.92. The number of hydrogen-bond donors (Lipinski definition) is 1. The number of anilines is 1. The Labute approximate surface area is 117 Å². The van der Waals surface area contributed by atoms with Crippen molar-refractivity contribution < 1.29 is 19.1 Å². The van der Waals surface area contributed by atoms with E-state index < -0.39 is 23.4 Å². The summed E-state index contributed by atoms with van der Waals surface area (Å²) in [6, 6.07) is 8.75. The number of amides is 2. The number of aliphatic hydroxyl groups excluding tert-OH is 1. The molecule has 4 nitrogen and oxygen atoms in total. The normalized spacial score (nSPS) is 15.3. The Morgan fingerprint density at radius 1 is 1.05 bits per heavy atom. The van der Waals surface area contributed by atoms with E-state index >= 15 is 0 Å². The van der Waals surface area contributed by atoms with Gasteiger partial charge in [0.1, 0.15) is 11.4 Å². The number of imide groups is 1. The first-order chi connectivity index (χ1) is 9.61. The molecule has 0 fully saturated rings. The summed E-state index contributed by atoms with van der Waals surface area (Å²) < 4.78 is 13.7. The van der Waals surface area contributed by atoms with Crippen molar-refractivity contribution in [3.63, 3.8) is 0 Å². The van der Waals surface area contributed by atoms with Gasteiger partial charge in [0.15, 0.2) is 5.76 Å². The van der Waals surface area contributed by atoms with E-state index in [1.54, 1.807) is 17.5 Å². The zero-order valence-electron chi connectivity index (χ0n) is 10.0. The average Bonchev–Trinajstić information content (AvgIpc) is 3.01. The lowest BCUT2D eigenvalue weighted by atomic mass is 10.2. The van der Waals surface area contributed by atoms with E-state index in [1.807, 2.05) is 0 Å². The van der Waals surface area contributed by atoms with Crippen molar-refractivity contribution in [3.05, 3.63) is 58.2 Å². The van der Waals surface area contributed by atoms with Crippen LogP contribution in [0, 0.1) is 5.82 Å². The fraction of sp³-hybridized carbons (Fsp3) is 0. The van der Waals surface area contributed by atoms with Crippen molar-refractivity contribution in [2.75, 3.05) is 4.90 Å². The zero-order valence-corrected chi connectivity index (χ0v) is 10.9. The summed E-state index contributed by atoms with van der Waals surface area (Å²) in [5, 5.41) is 11.6. The maximum atomic E-state index is 13.7. The summed E-state index contributed by atoms with van der Waals surface area (Å²) in [7, 11) is 0. The second kappa shape index (κ2) is 4.57. The fourth-order valence-corrected chi connectivity index (χ4v) is 2.78. The lowest BCUT2D eigenvalue weighted by molar-refractivity contribution is -0.121. The van der Waals surface area contributed by atoms with Gasteiger partial charge in [-0.2, -0.15) is 0 Å². The van der Waals surface area contributed by atoms with Crippen LogP contribution in [-0.2, 0) is 9.59 Å². The Morgan fingerprint density at radius 3 is 2.45 bits per heavy atom. The Morgan fingerprint density at radius 2 is 1.80 bits per heavy atom. The number of thiophene rings is 1. The molecule has 2 aromatic rings. The van der Waals surface area contributed by atoms with Crippen LogP contribution in [0.1, 0.15) is 4.88 Å². The third kappa shape index (κ3) is 1.73. The maximum Gasteiger partial charge on any atom is 0.301 e. The van der Waals surface area contributed by atoms with Gasteiger partial charge >= 0.3 is 5.91 Å². The second-order valence-corrected chi connectivity index (χ2v) is 5.05. The predicted octanol–water partition coefficient (Wildman–Crippen LogP) is 2.73. The minimum absolute atomic E-state index is 0.0896. The number of nitrogens with zero attached hydrogens (tertiary/aromatic N) is 1. The summed E-state index contributed by atoms with van der Waals surface area (Å²) in [5.74, 6) is -2.99. The van der Waals surface area contributed by atoms with Crippen LogP contribution in [0.15, 0.2) is 47.5 Å². The molecule has 1 aliphatic rings. The van der Waals surface area contributed by atoms with Gasteiger partial charge in [0.05, 0.1) is 5.69 Å². The molecule has 20 heavy (non-hydrogen) atoms. The van der Waals surface area contributed by atoms with Gasteiger partial charge in [-0.25, -0.2) is 9.29 Å². The van der Waals surface area contributed by atoms with Gasteiger partial charge in [-0.15, -0.1) is 11.3 Å². The molecule has 0 bridgehead atoms. The SMILES string of the molecule is O=C1C(O)=C(c2cccs2)C(=O)N1c1ccccc1F. The summed E-state index contributed by atoms with van der Waals surface area (Å²) in [5.41, 5.74) is -0.256. The number of aliphatic hydroxyl groups is 1. The van der Waals surface area contributed by atoms with Crippen LogP contribution in [0.25, 0.3) is 5.57 Å². The molecular formula is C14H8FNO3S. The Balaban J connectivity index is 2.10. The molecule has 0 aliphatic carbocycles. The summed E-state index contributed by atoms with van der Waals surface area (Å²) in [6.07, 6.45) is 0. The minimum atomic E-state index is -0.913. The standard InChI is InChI=1S/C14H8FNO3S/c15-8-4-1-2-5-9(8)16-13(18)11(12(17)14(16)19)10-6-3-7-20-10/h1-7,17H. The minimum Gasteiger partial charge on any atom is -0.502 e. The molecule has 1 aliphatic heterocycles. The summed E-state index contributed by atoms with van der Waals surface area (Å²) in [4.78, 5) is 25.4. The van der Waals surface area contributed by atoms with E-state index in [2.05, 4.69) is 0 Å². The number of benzene rings is 1. The topological polar surface area (TPSA) is 57.6 Å². The van der Waals surface area contributed by atoms with E-state index in [0.717, 1.165) is 6.07 Å². The highest BCUT2D eigenvalue weighted by atomic mass is 32.1. The van der Waals surface area contributed by atoms with Gasteiger partial charge in [-0.3, -0.25) is 9.59 Å². The van der Waals surface area contributed by atoms with E-state index in [1.165, 1.54) is 29.5 Å². The molecule has 3 rings (SSSR count). The molecule has 0 radical (unpaired) electrons. The number of carbonyl (C=O) groups is 2. The number of hydrogen-bond acceptors (Lipinski definition) is 4. The Hall–Kier alpha value is -2.47. The van der Waals surface area contributed by atoms with Crippen LogP contribution in [0.3, 0.4) is 0 Å². The smallest absolute Gasteiger partial charge is 0.301 e. The van der Waals surface area contributed by atoms with Crippen molar-refractivity contribution in [1.29, 1.82) is 0 Å². The number of para-hydroxylation sites is 1. The molecule has 2 heterocycles. The lowest BCUT2D eigenvalue weighted by Crippen LogP contribution is -2.32. The number of carbonyl (C=O) groups excluding carboxylic acids is 2. The van der Waals surface area contributed by atoms with Gasteiger partial charge < -0.3 is 5.11 Å². The Bertz CT molecular complexity index is 737. The van der Waals surface area contributed by atoms with E-state index in [0.29, 0.717) is 9.78 Å². The van der Waals surface area contributed by atoms with Crippen molar-refractivity contribution in [1.82, 2.24) is 0 Å². The molecule has 2 amide bonds. The van der Waals surface area contributed by atoms with Crippen LogP contribution in [-0.4, -0.2) is 16.9 Å². The van der Waals surface area contributed by atoms with Crippen LogP contribution in [0.2, 0.25) is 0 Å². The fourth-order valence-electron chi connectivity index (χ4n) is 2.01. The molecule has 0 spiro atoms. The van der Waals surface area contributed by atoms with Crippen LogP contribution in [0.4, 0.5) is 10.1 Å².